The lowest BCUT2D eigenvalue weighted by atomic mass is 9.79. The molecule has 2 saturated heterocycles. The maximum atomic E-state index is 12.4. The van der Waals surface area contributed by atoms with Crippen LogP contribution in [0.4, 0.5) is 4.79 Å². The number of amides is 1. The zero-order chi connectivity index (χ0) is 35.2. The highest BCUT2D eigenvalue weighted by molar-refractivity contribution is 5.90. The standard InChI is InChI=1S/C26H35NO2.C21H27N.ClH/c1-26(2,3)29-25(28)27-17-15-20(16-18-27)22-14-13-21(19-9-5-4-6-10-19)23-11-7-8-12-24(22)23;1-2-6-16(7-3-1)18-10-11-19(17-12-14-22-15-13-17)21-9-5-4-8-20(18)21;/h7-8,11-14,19-20H,4-6,9-10,15-18H2,1-3H3;4-5,8-11,16-17,22H,1-3,6-7,12-15H2;1H. The number of rotatable bonds is 4. The maximum absolute atomic E-state index is 12.4. The van der Waals surface area contributed by atoms with E-state index in [0.717, 1.165) is 43.7 Å². The van der Waals surface area contributed by atoms with Gasteiger partial charge < -0.3 is 15.0 Å². The van der Waals surface area contributed by atoms with Gasteiger partial charge in [-0.05, 0) is 153 Å². The molecule has 2 saturated carbocycles. The summed E-state index contributed by atoms with van der Waals surface area (Å²) in [6.07, 6.45) is 18.2. The van der Waals surface area contributed by atoms with E-state index in [1.807, 2.05) is 25.7 Å². The summed E-state index contributed by atoms with van der Waals surface area (Å²) in [6.45, 7) is 9.68. The van der Waals surface area contributed by atoms with E-state index >= 15 is 0 Å². The smallest absolute Gasteiger partial charge is 0.410 e. The van der Waals surface area contributed by atoms with Gasteiger partial charge >= 0.3 is 6.09 Å². The number of nitrogens with zero attached hydrogens (tertiary/aromatic N) is 1. The Labute approximate surface area is 319 Å². The second kappa shape index (κ2) is 17.8. The predicted octanol–water partition coefficient (Wildman–Crippen LogP) is 12.8. The molecule has 0 bridgehead atoms. The van der Waals surface area contributed by atoms with Crippen LogP contribution < -0.4 is 5.32 Å². The topological polar surface area (TPSA) is 41.6 Å². The highest BCUT2D eigenvalue weighted by atomic mass is 35.5. The molecular weight excluding hydrogens is 660 g/mol. The third kappa shape index (κ3) is 9.16. The minimum atomic E-state index is -0.431. The largest absolute Gasteiger partial charge is 0.444 e. The Morgan fingerprint density at radius 2 is 0.885 bits per heavy atom. The molecule has 2 aliphatic heterocycles. The van der Waals surface area contributed by atoms with E-state index < -0.39 is 5.60 Å². The molecule has 0 atom stereocenters. The molecule has 4 aromatic carbocycles. The zero-order valence-electron chi connectivity index (χ0n) is 32.1. The van der Waals surface area contributed by atoms with Crippen LogP contribution in [0.5, 0.6) is 0 Å². The molecule has 0 radical (unpaired) electrons. The third-order valence-corrected chi connectivity index (χ3v) is 12.4. The molecule has 4 aliphatic rings. The number of carbonyl (C=O) groups excluding carboxylic acids is 1. The molecule has 0 aromatic heterocycles. The second-order valence-corrected chi connectivity index (χ2v) is 17.0. The van der Waals surface area contributed by atoms with Gasteiger partial charge in [0.25, 0.3) is 0 Å². The highest BCUT2D eigenvalue weighted by Gasteiger charge is 2.29. The van der Waals surface area contributed by atoms with E-state index in [2.05, 4.69) is 78.1 Å². The van der Waals surface area contributed by atoms with Crippen LogP contribution in [0.1, 0.15) is 157 Å². The Balaban J connectivity index is 0.000000181. The quantitative estimate of drug-likeness (QED) is 0.228. The third-order valence-electron chi connectivity index (χ3n) is 12.4. The predicted molar refractivity (Wildman–Crippen MR) is 221 cm³/mol. The molecule has 1 N–H and O–H groups in total. The van der Waals surface area contributed by atoms with Gasteiger partial charge in [-0.25, -0.2) is 4.79 Å². The number of nitrogens with one attached hydrogen (secondary N) is 1. The van der Waals surface area contributed by atoms with Crippen molar-refractivity contribution in [1.82, 2.24) is 10.2 Å². The Hall–Kier alpha value is -3.08. The van der Waals surface area contributed by atoms with Crippen molar-refractivity contribution < 1.29 is 9.53 Å². The van der Waals surface area contributed by atoms with Crippen LogP contribution in [0, 0.1) is 0 Å². The summed E-state index contributed by atoms with van der Waals surface area (Å²) in [5.74, 6) is 2.77. The highest BCUT2D eigenvalue weighted by Crippen LogP contribution is 2.42. The molecule has 0 spiro atoms. The summed E-state index contributed by atoms with van der Waals surface area (Å²) in [4.78, 5) is 14.3. The molecule has 5 heteroatoms. The van der Waals surface area contributed by atoms with E-state index in [0.29, 0.717) is 5.92 Å². The number of piperidine rings is 2. The molecule has 4 nitrogen and oxygen atoms in total. The molecule has 0 unspecified atom stereocenters. The van der Waals surface area contributed by atoms with E-state index in [1.54, 1.807) is 16.7 Å². The Morgan fingerprint density at radius 1 is 0.538 bits per heavy atom. The lowest BCUT2D eigenvalue weighted by Crippen LogP contribution is -2.41. The molecule has 1 amide bonds. The first-order valence-electron chi connectivity index (χ1n) is 20.6. The van der Waals surface area contributed by atoms with Crippen molar-refractivity contribution in [2.75, 3.05) is 26.2 Å². The molecular formula is C47H63ClN2O2. The van der Waals surface area contributed by atoms with Crippen LogP contribution >= 0.6 is 12.4 Å². The van der Waals surface area contributed by atoms with Crippen LogP contribution in [0.3, 0.4) is 0 Å². The summed E-state index contributed by atoms with van der Waals surface area (Å²) in [6, 6.07) is 27.9. The minimum Gasteiger partial charge on any atom is -0.444 e. The number of ether oxygens (including phenoxy) is 1. The van der Waals surface area contributed by atoms with Crippen LogP contribution in [-0.2, 0) is 4.74 Å². The van der Waals surface area contributed by atoms with Crippen LogP contribution in [0.25, 0.3) is 21.5 Å². The fourth-order valence-corrected chi connectivity index (χ4v) is 9.78. The molecule has 8 rings (SSSR count). The number of benzene rings is 4. The minimum absolute atomic E-state index is 0. The zero-order valence-corrected chi connectivity index (χ0v) is 33.0. The lowest BCUT2D eigenvalue weighted by Gasteiger charge is -2.34. The van der Waals surface area contributed by atoms with Gasteiger partial charge in [-0.15, -0.1) is 12.4 Å². The monoisotopic (exact) mass is 722 g/mol. The first-order valence-corrected chi connectivity index (χ1v) is 20.6. The van der Waals surface area contributed by atoms with Crippen molar-refractivity contribution in [3.05, 3.63) is 95.1 Å². The Kier molecular flexibility index (Phi) is 13.2. The molecule has 4 fully saturated rings. The van der Waals surface area contributed by atoms with Crippen LogP contribution in [0.2, 0.25) is 0 Å². The average Bonchev–Trinajstić information content (AvgIpc) is 3.18. The molecule has 4 aromatic rings. The van der Waals surface area contributed by atoms with Crippen LogP contribution in [-0.4, -0.2) is 42.8 Å². The number of carbonyl (C=O) groups is 1. The van der Waals surface area contributed by atoms with E-state index in [-0.39, 0.29) is 18.5 Å². The van der Waals surface area contributed by atoms with Gasteiger partial charge in [0.15, 0.2) is 0 Å². The second-order valence-electron chi connectivity index (χ2n) is 17.0. The fraction of sp³-hybridized carbons (Fsp3) is 0.553. The molecule has 2 heterocycles. The maximum Gasteiger partial charge on any atom is 0.410 e. The van der Waals surface area contributed by atoms with Crippen molar-refractivity contribution in [3.63, 3.8) is 0 Å². The summed E-state index contributed by atoms with van der Waals surface area (Å²) in [5.41, 5.74) is 5.79. The van der Waals surface area contributed by atoms with E-state index in [4.69, 9.17) is 4.74 Å². The van der Waals surface area contributed by atoms with Crippen molar-refractivity contribution in [1.29, 1.82) is 0 Å². The van der Waals surface area contributed by atoms with Gasteiger partial charge in [-0.2, -0.15) is 0 Å². The summed E-state index contributed by atoms with van der Waals surface area (Å²) in [5, 5.41) is 9.43. The van der Waals surface area contributed by atoms with E-state index in [1.165, 1.54) is 117 Å². The fourth-order valence-electron chi connectivity index (χ4n) is 9.78. The van der Waals surface area contributed by atoms with Crippen molar-refractivity contribution >= 4 is 40.0 Å². The Morgan fingerprint density at radius 3 is 1.25 bits per heavy atom. The summed E-state index contributed by atoms with van der Waals surface area (Å²) >= 11 is 0. The number of halogens is 1. The van der Waals surface area contributed by atoms with Gasteiger partial charge in [-0.1, -0.05) is 111 Å². The van der Waals surface area contributed by atoms with Crippen molar-refractivity contribution in [2.24, 2.45) is 0 Å². The van der Waals surface area contributed by atoms with Gasteiger partial charge in [0.2, 0.25) is 0 Å². The molecule has 52 heavy (non-hydrogen) atoms. The summed E-state index contributed by atoms with van der Waals surface area (Å²) in [7, 11) is 0. The first-order chi connectivity index (χ1) is 24.9. The number of hydrogen-bond acceptors (Lipinski definition) is 3. The van der Waals surface area contributed by atoms with Gasteiger partial charge in [0.1, 0.15) is 5.60 Å². The van der Waals surface area contributed by atoms with Gasteiger partial charge in [0.05, 0.1) is 0 Å². The number of hydrogen-bond donors (Lipinski definition) is 1. The van der Waals surface area contributed by atoms with Crippen LogP contribution in [0.15, 0.2) is 72.8 Å². The Bertz CT molecular complexity index is 1700. The van der Waals surface area contributed by atoms with Gasteiger partial charge in [-0.3, -0.25) is 0 Å². The normalized spacial score (nSPS) is 19.9. The molecule has 280 valence electrons. The lowest BCUT2D eigenvalue weighted by molar-refractivity contribution is 0.0205. The molecule has 2 aliphatic carbocycles. The first kappa shape index (κ1) is 38.6. The summed E-state index contributed by atoms with van der Waals surface area (Å²) < 4.78 is 5.56. The van der Waals surface area contributed by atoms with Gasteiger partial charge in [0, 0.05) is 13.1 Å². The van der Waals surface area contributed by atoms with Crippen molar-refractivity contribution in [3.8, 4) is 0 Å². The average molecular weight is 723 g/mol. The number of likely N-dealkylation sites (tertiary alicyclic amines) is 1. The SMILES string of the molecule is CC(C)(C)OC(=O)N1CCC(c2ccc(C3CCCCC3)c3ccccc23)CC1.Cl.c1ccc2c(C3CCNCC3)ccc(C3CCCCC3)c2c1. The van der Waals surface area contributed by atoms with Crippen molar-refractivity contribution in [2.45, 2.75) is 140 Å². The van der Waals surface area contributed by atoms with E-state index in [9.17, 15) is 4.79 Å². The number of fused-ring (bicyclic) bond motifs is 2.